The van der Waals surface area contributed by atoms with Gasteiger partial charge in [-0.05, 0) is 157 Å². The number of benzene rings is 14. The van der Waals surface area contributed by atoms with Gasteiger partial charge in [0.05, 0.1) is 58.2 Å². The summed E-state index contributed by atoms with van der Waals surface area (Å²) in [4.78, 5) is 24.6. The first-order valence-corrected chi connectivity index (χ1v) is 32.4. The lowest BCUT2D eigenvalue weighted by Gasteiger charge is -2.19. The minimum atomic E-state index is 0.423. The predicted octanol–water partition coefficient (Wildman–Crippen LogP) is 23.7. The van der Waals surface area contributed by atoms with Gasteiger partial charge in [-0.2, -0.15) is 5.26 Å². The molecule has 0 radical (unpaired) electrons. The molecular weight excluding hydrogens is 1190 g/mol. The second-order valence-electron chi connectivity index (χ2n) is 24.4. The van der Waals surface area contributed by atoms with Gasteiger partial charge < -0.3 is 9.13 Å². The Balaban J connectivity index is 0.957. The molecule has 0 atom stereocenters. The van der Waals surface area contributed by atoms with E-state index in [0.717, 1.165) is 150 Å². The second kappa shape index (κ2) is 24.6. The van der Waals surface area contributed by atoms with Crippen molar-refractivity contribution in [2.24, 2.45) is 0 Å². The van der Waals surface area contributed by atoms with Crippen molar-refractivity contribution in [2.45, 2.75) is 0 Å². The van der Waals surface area contributed by atoms with Gasteiger partial charge in [0.25, 0.3) is 0 Å². The quantitative estimate of drug-likeness (QED) is 0.114. The molecule has 8 heteroatoms. The van der Waals surface area contributed by atoms with E-state index in [2.05, 4.69) is 255 Å². The molecule has 0 saturated heterocycles. The smallest absolute Gasteiger partial charge is 0.194 e. The van der Waals surface area contributed by atoms with Gasteiger partial charge in [0.15, 0.2) is 28.8 Å². The average molecular weight is 1250 g/mol. The molecule has 0 bridgehead atoms. The van der Waals surface area contributed by atoms with Crippen LogP contribution in [-0.2, 0) is 0 Å². The molecule has 454 valence electrons. The number of hydrogen-bond donors (Lipinski definition) is 0. The summed E-state index contributed by atoms with van der Waals surface area (Å²) in [7, 11) is 0. The van der Waals surface area contributed by atoms with E-state index >= 15 is 0 Å². The van der Waals surface area contributed by atoms with Crippen LogP contribution in [0.25, 0.3) is 177 Å². The number of nitriles is 1. The second-order valence-corrected chi connectivity index (χ2v) is 24.4. The standard InChI is InChI=1S/C90H54N8/c1-92-72-43-35-63(36-44-72)62-31-33-64(34-32-62)88-94-89(75-45-37-69(73-28-16-15-27-71(73)57-91)55-86(75)97-82-47-39-65(58-19-7-3-8-20-58)51-77(82)78-52-66(40-48-83(78)97)59-21-9-4-10-22-59)96-90(95-88)76-46-38-70(74-29-17-18-30-81(74)93-2)56-87(76)98-84-49-41-67(60-23-11-5-12-24-60)53-79(84)80-54-68(42-50-85(80)98)61-25-13-6-14-26-61/h3-56H. The summed E-state index contributed by atoms with van der Waals surface area (Å²) in [6.45, 7) is 16.0. The molecule has 17 rings (SSSR count). The van der Waals surface area contributed by atoms with E-state index in [0.29, 0.717) is 34.4 Å². The number of nitrogens with zero attached hydrogens (tertiary/aromatic N) is 8. The van der Waals surface area contributed by atoms with Crippen molar-refractivity contribution in [1.82, 2.24) is 24.1 Å². The van der Waals surface area contributed by atoms with Crippen LogP contribution in [0.2, 0.25) is 0 Å². The molecule has 0 aliphatic heterocycles. The third-order valence-corrected chi connectivity index (χ3v) is 18.7. The number of hydrogen-bond acceptors (Lipinski definition) is 4. The third-order valence-electron chi connectivity index (χ3n) is 18.7. The minimum absolute atomic E-state index is 0.423. The summed E-state index contributed by atoms with van der Waals surface area (Å²) in [5.74, 6) is 1.29. The zero-order valence-corrected chi connectivity index (χ0v) is 52.8. The molecule has 3 heterocycles. The lowest BCUT2D eigenvalue weighted by Crippen LogP contribution is -2.06. The molecule has 0 fully saturated rings. The zero-order chi connectivity index (χ0) is 65.6. The highest BCUT2D eigenvalue weighted by Gasteiger charge is 2.26. The normalized spacial score (nSPS) is 11.2. The molecule has 0 amide bonds. The van der Waals surface area contributed by atoms with Gasteiger partial charge in [-0.3, -0.25) is 0 Å². The van der Waals surface area contributed by atoms with Gasteiger partial charge in [-0.1, -0.05) is 249 Å². The number of aromatic nitrogens is 5. The van der Waals surface area contributed by atoms with Crippen molar-refractivity contribution in [3.05, 3.63) is 356 Å². The molecule has 0 spiro atoms. The van der Waals surface area contributed by atoms with Crippen LogP contribution in [0.4, 0.5) is 11.4 Å². The Morgan fingerprint density at radius 3 is 1.00 bits per heavy atom. The van der Waals surface area contributed by atoms with Crippen molar-refractivity contribution in [3.8, 4) is 129 Å². The van der Waals surface area contributed by atoms with E-state index in [-0.39, 0.29) is 0 Å². The number of para-hydroxylation sites is 1. The Kier molecular flexibility index (Phi) is 14.5. The van der Waals surface area contributed by atoms with Crippen LogP contribution < -0.4 is 0 Å². The van der Waals surface area contributed by atoms with E-state index in [1.54, 1.807) is 0 Å². The first kappa shape index (κ1) is 58.0. The Bertz CT molecular complexity index is 5590. The van der Waals surface area contributed by atoms with Gasteiger partial charge in [-0.25, -0.2) is 24.6 Å². The molecule has 8 nitrogen and oxygen atoms in total. The maximum atomic E-state index is 10.7. The monoisotopic (exact) mass is 1250 g/mol. The van der Waals surface area contributed by atoms with Crippen LogP contribution in [0.15, 0.2) is 328 Å². The van der Waals surface area contributed by atoms with Crippen LogP contribution in [0.5, 0.6) is 0 Å². The molecule has 14 aromatic carbocycles. The van der Waals surface area contributed by atoms with Crippen molar-refractivity contribution < 1.29 is 0 Å². The fraction of sp³-hybridized carbons (Fsp3) is 0. The highest BCUT2D eigenvalue weighted by molar-refractivity contribution is 6.14. The molecule has 0 aliphatic carbocycles. The summed E-state index contributed by atoms with van der Waals surface area (Å²) in [5.41, 5.74) is 23.4. The van der Waals surface area contributed by atoms with Crippen LogP contribution in [-0.4, -0.2) is 24.1 Å². The summed E-state index contributed by atoms with van der Waals surface area (Å²) >= 11 is 0. The molecule has 0 saturated carbocycles. The van der Waals surface area contributed by atoms with E-state index in [1.165, 1.54) is 0 Å². The van der Waals surface area contributed by atoms with Crippen LogP contribution in [0, 0.1) is 24.5 Å². The van der Waals surface area contributed by atoms with E-state index in [9.17, 15) is 5.26 Å². The largest absolute Gasteiger partial charge is 0.308 e. The fourth-order valence-electron chi connectivity index (χ4n) is 13.9. The molecule has 17 aromatic rings. The zero-order valence-electron chi connectivity index (χ0n) is 52.8. The fourth-order valence-corrected chi connectivity index (χ4v) is 13.9. The third kappa shape index (κ3) is 10.4. The van der Waals surface area contributed by atoms with Gasteiger partial charge in [-0.15, -0.1) is 0 Å². The van der Waals surface area contributed by atoms with E-state index in [4.69, 9.17) is 28.1 Å². The highest BCUT2D eigenvalue weighted by atomic mass is 15.1. The van der Waals surface area contributed by atoms with E-state index < -0.39 is 0 Å². The summed E-state index contributed by atoms with van der Waals surface area (Å²) in [6.07, 6.45) is 0. The summed E-state index contributed by atoms with van der Waals surface area (Å²) < 4.78 is 4.67. The van der Waals surface area contributed by atoms with Gasteiger partial charge in [0, 0.05) is 38.2 Å². The Labute approximate surface area is 566 Å². The maximum absolute atomic E-state index is 10.7. The Hall–Kier alpha value is -13.8. The van der Waals surface area contributed by atoms with Gasteiger partial charge in [0.1, 0.15) is 0 Å². The van der Waals surface area contributed by atoms with E-state index in [1.807, 2.05) is 97.1 Å². The molecular formula is C90H54N8. The number of rotatable bonds is 12. The first-order valence-electron chi connectivity index (χ1n) is 32.4. The van der Waals surface area contributed by atoms with Crippen molar-refractivity contribution in [2.75, 3.05) is 0 Å². The first-order chi connectivity index (χ1) is 48.4. The van der Waals surface area contributed by atoms with Gasteiger partial charge in [0.2, 0.25) is 0 Å². The lowest BCUT2D eigenvalue weighted by molar-refractivity contribution is 1.06. The van der Waals surface area contributed by atoms with Gasteiger partial charge >= 0.3 is 0 Å². The topological polar surface area (TPSA) is 81.0 Å². The minimum Gasteiger partial charge on any atom is -0.308 e. The molecule has 98 heavy (non-hydrogen) atoms. The SMILES string of the molecule is [C-]#[N+]c1ccc(-c2ccc(-c3nc(-c4ccc(-c5ccccc5C#N)cc4-n4c5ccc(-c6ccccc6)cc5c5cc(-c6ccccc6)ccc54)nc(-c4ccc(-c5ccccc5[N+]#[C-])cc4-n4c5ccc(-c6ccccc6)cc5c5cc(-c6ccccc6)ccc54)n3)cc2)cc1. The molecule has 0 aliphatic rings. The van der Waals surface area contributed by atoms with Crippen molar-refractivity contribution in [1.29, 1.82) is 5.26 Å². The average Bonchev–Trinajstić information content (AvgIpc) is 1.55. The highest BCUT2D eigenvalue weighted by Crippen LogP contribution is 2.45. The summed E-state index contributed by atoms with van der Waals surface area (Å²) in [5, 5.41) is 15.0. The van der Waals surface area contributed by atoms with Crippen molar-refractivity contribution >= 4 is 55.0 Å². The predicted molar refractivity (Wildman–Crippen MR) is 400 cm³/mol. The van der Waals surface area contributed by atoms with Crippen molar-refractivity contribution in [3.63, 3.8) is 0 Å². The van der Waals surface area contributed by atoms with Crippen LogP contribution in [0.1, 0.15) is 5.56 Å². The molecule has 0 N–H and O–H groups in total. The van der Waals surface area contributed by atoms with Crippen LogP contribution >= 0.6 is 0 Å². The molecule has 0 unspecified atom stereocenters. The Morgan fingerprint density at radius 2 is 0.592 bits per heavy atom. The maximum Gasteiger partial charge on any atom is 0.194 e. The van der Waals surface area contributed by atoms with Crippen LogP contribution in [0.3, 0.4) is 0 Å². The molecule has 3 aromatic heterocycles. The Morgan fingerprint density at radius 1 is 0.265 bits per heavy atom. The lowest BCUT2D eigenvalue weighted by atomic mass is 9.97. The summed E-state index contributed by atoms with van der Waals surface area (Å²) in [6, 6.07) is 115. The number of fused-ring (bicyclic) bond motifs is 6.